The molecule has 1 aliphatic heterocycles. The van der Waals surface area contributed by atoms with Crippen molar-refractivity contribution in [2.75, 3.05) is 19.6 Å². The van der Waals surface area contributed by atoms with Gasteiger partial charge in [0.05, 0.1) is 6.04 Å². The van der Waals surface area contributed by atoms with Gasteiger partial charge < -0.3 is 16.0 Å². The number of amides is 2. The Balaban J connectivity index is 2.25. The van der Waals surface area contributed by atoms with Crippen LogP contribution in [0.5, 0.6) is 0 Å². The summed E-state index contributed by atoms with van der Waals surface area (Å²) in [5.74, 6) is -0.0612. The standard InChI is InChI=1S/C13H25N3O2/c1-13(2,3)11(14)12(18)15-7-6-10(17)16-8-4-5-9-16/h11H,4-9,14H2,1-3H3,(H,15,18)/t11-/m1/s1. The van der Waals surface area contributed by atoms with E-state index in [1.54, 1.807) is 0 Å². The topological polar surface area (TPSA) is 75.4 Å². The quantitative estimate of drug-likeness (QED) is 0.767. The zero-order valence-corrected chi connectivity index (χ0v) is 11.7. The van der Waals surface area contributed by atoms with Crippen molar-refractivity contribution in [2.45, 2.75) is 46.1 Å². The van der Waals surface area contributed by atoms with Gasteiger partial charge in [0.1, 0.15) is 0 Å². The summed E-state index contributed by atoms with van der Waals surface area (Å²) in [6.45, 7) is 7.85. The van der Waals surface area contributed by atoms with Crippen LogP contribution in [-0.4, -0.2) is 42.4 Å². The summed E-state index contributed by atoms with van der Waals surface area (Å²) < 4.78 is 0. The van der Waals surface area contributed by atoms with Crippen molar-refractivity contribution in [1.29, 1.82) is 0 Å². The van der Waals surface area contributed by atoms with Crippen LogP contribution >= 0.6 is 0 Å². The third-order valence-electron chi connectivity index (χ3n) is 3.31. The first-order chi connectivity index (χ1) is 8.32. The zero-order chi connectivity index (χ0) is 13.8. The summed E-state index contributed by atoms with van der Waals surface area (Å²) in [5, 5.41) is 2.73. The molecule has 0 saturated carbocycles. The number of carbonyl (C=O) groups is 2. The van der Waals surface area contributed by atoms with Crippen molar-refractivity contribution in [3.63, 3.8) is 0 Å². The first kappa shape index (κ1) is 15.0. The van der Waals surface area contributed by atoms with E-state index in [4.69, 9.17) is 5.73 Å². The molecule has 0 radical (unpaired) electrons. The van der Waals surface area contributed by atoms with Crippen LogP contribution in [0.15, 0.2) is 0 Å². The molecule has 3 N–H and O–H groups in total. The van der Waals surface area contributed by atoms with E-state index in [9.17, 15) is 9.59 Å². The Morgan fingerprint density at radius 3 is 2.33 bits per heavy atom. The van der Waals surface area contributed by atoms with Gasteiger partial charge in [-0.2, -0.15) is 0 Å². The first-order valence-corrected chi connectivity index (χ1v) is 6.63. The van der Waals surface area contributed by atoms with Gasteiger partial charge in [0, 0.05) is 26.1 Å². The fraction of sp³-hybridized carbons (Fsp3) is 0.846. The molecule has 0 aliphatic carbocycles. The van der Waals surface area contributed by atoms with E-state index >= 15 is 0 Å². The molecular weight excluding hydrogens is 230 g/mol. The highest BCUT2D eigenvalue weighted by atomic mass is 16.2. The monoisotopic (exact) mass is 255 g/mol. The van der Waals surface area contributed by atoms with Crippen molar-refractivity contribution in [3.05, 3.63) is 0 Å². The van der Waals surface area contributed by atoms with Crippen LogP contribution < -0.4 is 11.1 Å². The minimum atomic E-state index is -0.542. The van der Waals surface area contributed by atoms with Crippen LogP contribution in [0.25, 0.3) is 0 Å². The van der Waals surface area contributed by atoms with Crippen LogP contribution in [0.4, 0.5) is 0 Å². The Labute approximate surface area is 109 Å². The van der Waals surface area contributed by atoms with E-state index in [1.807, 2.05) is 25.7 Å². The molecule has 0 aromatic rings. The van der Waals surface area contributed by atoms with Gasteiger partial charge in [-0.25, -0.2) is 0 Å². The Morgan fingerprint density at radius 2 is 1.83 bits per heavy atom. The van der Waals surface area contributed by atoms with E-state index in [0.29, 0.717) is 13.0 Å². The van der Waals surface area contributed by atoms with Gasteiger partial charge in [-0.3, -0.25) is 9.59 Å². The van der Waals surface area contributed by atoms with Crippen molar-refractivity contribution in [2.24, 2.45) is 11.1 Å². The van der Waals surface area contributed by atoms with Crippen LogP contribution in [0.3, 0.4) is 0 Å². The van der Waals surface area contributed by atoms with E-state index in [2.05, 4.69) is 5.32 Å². The average Bonchev–Trinajstić information content (AvgIpc) is 2.79. The van der Waals surface area contributed by atoms with Crippen LogP contribution in [0.2, 0.25) is 0 Å². The zero-order valence-electron chi connectivity index (χ0n) is 11.7. The largest absolute Gasteiger partial charge is 0.354 e. The van der Waals surface area contributed by atoms with E-state index in [-0.39, 0.29) is 17.2 Å². The number of nitrogens with two attached hydrogens (primary N) is 1. The molecule has 0 unspecified atom stereocenters. The molecule has 0 spiro atoms. The lowest BCUT2D eigenvalue weighted by Gasteiger charge is -2.25. The summed E-state index contributed by atoms with van der Waals surface area (Å²) in [7, 11) is 0. The number of likely N-dealkylation sites (tertiary alicyclic amines) is 1. The molecule has 0 bridgehead atoms. The SMILES string of the molecule is CC(C)(C)[C@H](N)C(=O)NCCC(=O)N1CCCC1. The summed E-state index contributed by atoms with van der Waals surface area (Å²) in [6, 6.07) is -0.542. The Bertz CT molecular complexity index is 304. The van der Waals surface area contributed by atoms with Crippen molar-refractivity contribution in [1.82, 2.24) is 10.2 Å². The van der Waals surface area contributed by atoms with Gasteiger partial charge in [0.15, 0.2) is 0 Å². The average molecular weight is 255 g/mol. The maximum Gasteiger partial charge on any atom is 0.237 e. The first-order valence-electron chi connectivity index (χ1n) is 6.63. The van der Waals surface area contributed by atoms with Gasteiger partial charge >= 0.3 is 0 Å². The second-order valence-corrected chi connectivity index (χ2v) is 5.97. The van der Waals surface area contributed by atoms with Crippen molar-refractivity contribution >= 4 is 11.8 Å². The molecule has 1 aliphatic rings. The van der Waals surface area contributed by atoms with Crippen LogP contribution in [-0.2, 0) is 9.59 Å². The Kier molecular flexibility index (Phi) is 5.14. The third kappa shape index (κ3) is 4.29. The van der Waals surface area contributed by atoms with Gasteiger partial charge in [-0.15, -0.1) is 0 Å². The van der Waals surface area contributed by atoms with Crippen molar-refractivity contribution < 1.29 is 9.59 Å². The number of rotatable bonds is 4. The van der Waals surface area contributed by atoms with E-state index in [1.165, 1.54) is 0 Å². The lowest BCUT2D eigenvalue weighted by atomic mass is 9.87. The fourth-order valence-electron chi connectivity index (χ4n) is 1.92. The Morgan fingerprint density at radius 1 is 1.28 bits per heavy atom. The molecular formula is C13H25N3O2. The molecule has 18 heavy (non-hydrogen) atoms. The number of carbonyl (C=O) groups excluding carboxylic acids is 2. The van der Waals surface area contributed by atoms with Gasteiger partial charge in [0.2, 0.25) is 11.8 Å². The molecule has 2 amide bonds. The van der Waals surface area contributed by atoms with E-state index in [0.717, 1.165) is 25.9 Å². The molecule has 1 saturated heterocycles. The molecule has 104 valence electrons. The molecule has 1 fully saturated rings. The normalized spacial score (nSPS) is 17.7. The molecule has 0 aromatic heterocycles. The highest BCUT2D eigenvalue weighted by Crippen LogP contribution is 2.17. The maximum absolute atomic E-state index is 11.7. The highest BCUT2D eigenvalue weighted by molar-refractivity contribution is 5.83. The second kappa shape index (κ2) is 6.18. The number of nitrogens with zero attached hydrogens (tertiary/aromatic N) is 1. The summed E-state index contributed by atoms with van der Waals surface area (Å²) in [4.78, 5) is 25.3. The second-order valence-electron chi connectivity index (χ2n) is 5.97. The smallest absolute Gasteiger partial charge is 0.237 e. The third-order valence-corrected chi connectivity index (χ3v) is 3.31. The van der Waals surface area contributed by atoms with Gasteiger partial charge in [-0.05, 0) is 18.3 Å². The number of nitrogens with one attached hydrogen (secondary N) is 1. The highest BCUT2D eigenvalue weighted by Gasteiger charge is 2.27. The molecule has 5 nitrogen and oxygen atoms in total. The minimum Gasteiger partial charge on any atom is -0.354 e. The molecule has 5 heteroatoms. The number of hydrogen-bond donors (Lipinski definition) is 2. The molecule has 1 heterocycles. The predicted molar refractivity (Wildman–Crippen MR) is 70.9 cm³/mol. The molecule has 1 atom stereocenters. The maximum atomic E-state index is 11.7. The van der Waals surface area contributed by atoms with Gasteiger partial charge in [0.25, 0.3) is 0 Å². The van der Waals surface area contributed by atoms with Gasteiger partial charge in [-0.1, -0.05) is 20.8 Å². The summed E-state index contributed by atoms with van der Waals surface area (Å²) >= 11 is 0. The molecule has 0 aromatic carbocycles. The Hall–Kier alpha value is -1.10. The molecule has 1 rings (SSSR count). The van der Waals surface area contributed by atoms with Crippen LogP contribution in [0, 0.1) is 5.41 Å². The minimum absolute atomic E-state index is 0.122. The number of hydrogen-bond acceptors (Lipinski definition) is 3. The lowest BCUT2D eigenvalue weighted by molar-refractivity contribution is -0.130. The lowest BCUT2D eigenvalue weighted by Crippen LogP contribution is -2.49. The van der Waals surface area contributed by atoms with Crippen molar-refractivity contribution in [3.8, 4) is 0 Å². The fourth-order valence-corrected chi connectivity index (χ4v) is 1.92. The summed E-state index contributed by atoms with van der Waals surface area (Å²) in [5.41, 5.74) is 5.57. The van der Waals surface area contributed by atoms with E-state index < -0.39 is 6.04 Å². The predicted octanol–water partition coefficient (Wildman–Crippen LogP) is 0.489. The van der Waals surface area contributed by atoms with Crippen LogP contribution in [0.1, 0.15) is 40.0 Å². The summed E-state index contributed by atoms with van der Waals surface area (Å²) in [6.07, 6.45) is 2.54.